The lowest BCUT2D eigenvalue weighted by Crippen LogP contribution is -2.34. The maximum atomic E-state index is 13.3. The number of nitrogens with one attached hydrogen (secondary N) is 1. The Morgan fingerprint density at radius 3 is 2.93 bits per heavy atom. The van der Waals surface area contributed by atoms with Crippen LogP contribution in [0.1, 0.15) is 18.5 Å². The summed E-state index contributed by atoms with van der Waals surface area (Å²) in [4.78, 5) is 33.0. The summed E-state index contributed by atoms with van der Waals surface area (Å²) in [5.41, 5.74) is 1.18. The second-order valence-electron chi connectivity index (χ2n) is 7.75. The lowest BCUT2D eigenvalue weighted by atomic mass is 10.0. The molecule has 7 heteroatoms. The molecule has 146 valence electrons. The third-order valence-corrected chi connectivity index (χ3v) is 5.74. The van der Waals surface area contributed by atoms with Crippen LogP contribution in [0.4, 0.5) is 14.9 Å². The van der Waals surface area contributed by atoms with Gasteiger partial charge in [-0.3, -0.25) is 9.78 Å². The molecule has 0 unspecified atom stereocenters. The second kappa shape index (κ2) is 7.22. The van der Waals surface area contributed by atoms with Gasteiger partial charge in [-0.05, 0) is 43.2 Å². The average Bonchev–Trinajstić information content (AvgIpc) is 3.20. The number of carbonyl (C=O) groups is 2. The van der Waals surface area contributed by atoms with Crippen LogP contribution in [0.3, 0.4) is 0 Å². The number of aromatic nitrogens is 1. The number of likely N-dealkylation sites (tertiary alicyclic amines) is 1. The normalized spacial score (nSPS) is 22.9. The van der Waals surface area contributed by atoms with Crippen molar-refractivity contribution in [1.82, 2.24) is 14.8 Å². The number of halogens is 1. The molecule has 2 aromatic rings. The summed E-state index contributed by atoms with van der Waals surface area (Å²) >= 11 is 0. The molecule has 3 amide bonds. The van der Waals surface area contributed by atoms with Crippen molar-refractivity contribution in [3.63, 3.8) is 0 Å². The van der Waals surface area contributed by atoms with E-state index in [9.17, 15) is 14.0 Å². The smallest absolute Gasteiger partial charge is 0.321 e. The minimum Gasteiger partial charge on any atom is -0.340 e. The molecule has 1 aliphatic carbocycles. The molecule has 6 nitrogen and oxygen atoms in total. The van der Waals surface area contributed by atoms with E-state index >= 15 is 0 Å². The summed E-state index contributed by atoms with van der Waals surface area (Å²) in [6.45, 7) is 1.65. The van der Waals surface area contributed by atoms with Crippen LogP contribution in [0.25, 0.3) is 0 Å². The predicted octanol–water partition coefficient (Wildman–Crippen LogP) is 3.12. The number of benzene rings is 1. The van der Waals surface area contributed by atoms with Crippen LogP contribution in [0.5, 0.6) is 0 Å². The minimum absolute atomic E-state index is 0.0480. The van der Waals surface area contributed by atoms with Gasteiger partial charge < -0.3 is 15.1 Å². The molecule has 1 saturated heterocycles. The summed E-state index contributed by atoms with van der Waals surface area (Å²) < 4.78 is 13.3. The first-order valence-corrected chi connectivity index (χ1v) is 9.43. The van der Waals surface area contributed by atoms with Gasteiger partial charge in [0.05, 0.1) is 12.2 Å². The van der Waals surface area contributed by atoms with Crippen molar-refractivity contribution in [2.75, 3.05) is 25.5 Å². The Morgan fingerprint density at radius 2 is 2.18 bits per heavy atom. The van der Waals surface area contributed by atoms with E-state index < -0.39 is 0 Å². The predicted molar refractivity (Wildman–Crippen MR) is 103 cm³/mol. The topological polar surface area (TPSA) is 65.5 Å². The first-order valence-electron chi connectivity index (χ1n) is 9.43. The Morgan fingerprint density at radius 1 is 1.32 bits per heavy atom. The maximum Gasteiger partial charge on any atom is 0.321 e. The number of carbonyl (C=O) groups excluding carboxylic acids is 2. The van der Waals surface area contributed by atoms with Gasteiger partial charge in [-0.25, -0.2) is 9.18 Å². The van der Waals surface area contributed by atoms with Crippen molar-refractivity contribution in [2.45, 2.75) is 19.4 Å². The zero-order valence-corrected chi connectivity index (χ0v) is 15.8. The quantitative estimate of drug-likeness (QED) is 0.884. The third kappa shape index (κ3) is 3.69. The van der Waals surface area contributed by atoms with Crippen LogP contribution >= 0.6 is 0 Å². The SMILES string of the molecule is CN(Cc1ccccn1)C(=O)[C@@H]1C[C@@]12CCN(C(=O)Nc1cccc(F)c1)C2. The highest BCUT2D eigenvalue weighted by Crippen LogP contribution is 2.59. The van der Waals surface area contributed by atoms with Crippen LogP contribution in [0.2, 0.25) is 0 Å². The van der Waals surface area contributed by atoms with Gasteiger partial charge in [-0.1, -0.05) is 12.1 Å². The Balaban J connectivity index is 1.33. The summed E-state index contributed by atoms with van der Waals surface area (Å²) in [7, 11) is 1.80. The fraction of sp³-hybridized carbons (Fsp3) is 0.381. The van der Waals surface area contributed by atoms with Crippen molar-refractivity contribution >= 4 is 17.6 Å². The van der Waals surface area contributed by atoms with E-state index in [1.54, 1.807) is 35.2 Å². The highest BCUT2D eigenvalue weighted by atomic mass is 19.1. The van der Waals surface area contributed by atoms with Crippen molar-refractivity contribution in [2.24, 2.45) is 11.3 Å². The molecule has 0 bridgehead atoms. The molecule has 1 spiro atoms. The lowest BCUT2D eigenvalue weighted by Gasteiger charge is -2.20. The van der Waals surface area contributed by atoms with Crippen molar-refractivity contribution in [3.05, 3.63) is 60.2 Å². The van der Waals surface area contributed by atoms with Gasteiger partial charge in [0.1, 0.15) is 5.82 Å². The molecule has 0 radical (unpaired) electrons. The molecule has 1 aromatic carbocycles. The lowest BCUT2D eigenvalue weighted by molar-refractivity contribution is -0.132. The van der Waals surface area contributed by atoms with Gasteiger partial charge in [-0.15, -0.1) is 0 Å². The number of urea groups is 1. The van der Waals surface area contributed by atoms with E-state index in [4.69, 9.17) is 0 Å². The highest BCUT2D eigenvalue weighted by Gasteiger charge is 2.61. The molecule has 1 aromatic heterocycles. The van der Waals surface area contributed by atoms with Crippen molar-refractivity contribution < 1.29 is 14.0 Å². The van der Waals surface area contributed by atoms with E-state index in [2.05, 4.69) is 10.3 Å². The number of nitrogens with zero attached hydrogens (tertiary/aromatic N) is 3. The molecular formula is C21H23FN4O2. The summed E-state index contributed by atoms with van der Waals surface area (Å²) in [5.74, 6) is -0.328. The zero-order valence-electron chi connectivity index (χ0n) is 15.8. The Bertz CT molecular complexity index is 891. The Labute approximate surface area is 163 Å². The summed E-state index contributed by atoms with van der Waals surface area (Å²) in [5, 5.41) is 2.73. The number of hydrogen-bond acceptors (Lipinski definition) is 3. The van der Waals surface area contributed by atoms with Crippen LogP contribution in [0.15, 0.2) is 48.7 Å². The first kappa shape index (κ1) is 18.4. The van der Waals surface area contributed by atoms with Gasteiger partial charge in [-0.2, -0.15) is 0 Å². The largest absolute Gasteiger partial charge is 0.340 e. The first-order chi connectivity index (χ1) is 13.5. The summed E-state index contributed by atoms with van der Waals surface area (Å²) in [6, 6.07) is 11.3. The van der Waals surface area contributed by atoms with E-state index in [0.29, 0.717) is 25.3 Å². The molecule has 1 saturated carbocycles. The second-order valence-corrected chi connectivity index (χ2v) is 7.75. The van der Waals surface area contributed by atoms with E-state index in [1.807, 2.05) is 18.2 Å². The highest BCUT2D eigenvalue weighted by molar-refractivity contribution is 5.90. The number of hydrogen-bond donors (Lipinski definition) is 1. The van der Waals surface area contributed by atoms with Crippen LogP contribution in [0, 0.1) is 17.2 Å². The average molecular weight is 382 g/mol. The molecule has 2 aliphatic rings. The van der Waals surface area contributed by atoms with Gasteiger partial charge in [0.2, 0.25) is 5.91 Å². The fourth-order valence-electron chi connectivity index (χ4n) is 4.06. The van der Waals surface area contributed by atoms with Crippen molar-refractivity contribution in [1.29, 1.82) is 0 Å². The standard InChI is InChI=1S/C21H23FN4O2/c1-25(13-17-6-2-3-9-23-17)19(27)18-12-21(18)8-10-26(14-21)20(28)24-16-7-4-5-15(22)11-16/h2-7,9,11,18H,8,10,12-14H2,1H3,(H,24,28)/t18-,21+/m0/s1. The van der Waals surface area contributed by atoms with Crippen LogP contribution in [-0.4, -0.2) is 46.9 Å². The van der Waals surface area contributed by atoms with E-state index in [-0.39, 0.29) is 29.1 Å². The molecule has 4 rings (SSSR count). The molecular weight excluding hydrogens is 359 g/mol. The number of rotatable bonds is 4. The minimum atomic E-state index is -0.389. The fourth-order valence-corrected chi connectivity index (χ4v) is 4.06. The van der Waals surface area contributed by atoms with Crippen LogP contribution < -0.4 is 5.32 Å². The zero-order chi connectivity index (χ0) is 19.7. The molecule has 1 N–H and O–H groups in total. The monoisotopic (exact) mass is 382 g/mol. The maximum absolute atomic E-state index is 13.3. The van der Waals surface area contributed by atoms with Crippen molar-refractivity contribution in [3.8, 4) is 0 Å². The van der Waals surface area contributed by atoms with Gasteiger partial charge in [0.25, 0.3) is 0 Å². The number of anilines is 1. The van der Waals surface area contributed by atoms with E-state index in [1.165, 1.54) is 12.1 Å². The third-order valence-electron chi connectivity index (χ3n) is 5.74. The Hall–Kier alpha value is -2.96. The van der Waals surface area contributed by atoms with Gasteiger partial charge in [0, 0.05) is 43.4 Å². The summed E-state index contributed by atoms with van der Waals surface area (Å²) in [6.07, 6.45) is 3.35. The van der Waals surface area contributed by atoms with Crippen LogP contribution in [-0.2, 0) is 11.3 Å². The molecule has 1 aliphatic heterocycles. The van der Waals surface area contributed by atoms with Gasteiger partial charge in [0.15, 0.2) is 0 Å². The number of pyridine rings is 1. The molecule has 28 heavy (non-hydrogen) atoms. The molecule has 2 fully saturated rings. The molecule has 2 heterocycles. The number of amides is 3. The van der Waals surface area contributed by atoms with Gasteiger partial charge >= 0.3 is 6.03 Å². The Kier molecular flexibility index (Phi) is 4.75. The molecule has 2 atom stereocenters. The van der Waals surface area contributed by atoms with E-state index in [0.717, 1.165) is 18.5 Å².